The Bertz CT molecular complexity index is 400. The van der Waals surface area contributed by atoms with Gasteiger partial charge in [0.05, 0.1) is 5.69 Å². The van der Waals surface area contributed by atoms with Crippen LogP contribution in [-0.4, -0.2) is 23.0 Å². The van der Waals surface area contributed by atoms with Crippen molar-refractivity contribution >= 4 is 5.69 Å². The smallest absolute Gasteiger partial charge is 0.0564 e. The highest BCUT2D eigenvalue weighted by atomic mass is 15.1. The molecule has 0 amide bonds. The van der Waals surface area contributed by atoms with Crippen molar-refractivity contribution in [2.75, 3.05) is 18.8 Å². The Kier molecular flexibility index (Phi) is 3.25. The molecular weight excluding hydrogens is 222 g/mol. The molecule has 3 heteroatoms. The maximum Gasteiger partial charge on any atom is 0.0564 e. The molecule has 0 atom stereocenters. The summed E-state index contributed by atoms with van der Waals surface area (Å²) in [5.74, 6) is 0. The van der Waals surface area contributed by atoms with Crippen LogP contribution in [0.1, 0.15) is 44.2 Å². The zero-order valence-corrected chi connectivity index (χ0v) is 11.1. The van der Waals surface area contributed by atoms with Gasteiger partial charge >= 0.3 is 0 Å². The van der Waals surface area contributed by atoms with Gasteiger partial charge in [-0.2, -0.15) is 0 Å². The fraction of sp³-hybridized carbons (Fsp3) is 0.667. The van der Waals surface area contributed by atoms with E-state index in [4.69, 9.17) is 5.73 Å². The summed E-state index contributed by atoms with van der Waals surface area (Å²) in [6.45, 7) is 3.42. The Labute approximate surface area is 109 Å². The minimum absolute atomic E-state index is 0.708. The lowest BCUT2D eigenvalue weighted by atomic mass is 9.77. The van der Waals surface area contributed by atoms with Gasteiger partial charge in [0, 0.05) is 18.4 Å². The van der Waals surface area contributed by atoms with E-state index in [0.29, 0.717) is 5.41 Å². The van der Waals surface area contributed by atoms with E-state index < -0.39 is 0 Å². The van der Waals surface area contributed by atoms with E-state index in [1.54, 1.807) is 0 Å². The highest BCUT2D eigenvalue weighted by Gasteiger charge is 2.36. The van der Waals surface area contributed by atoms with Crippen molar-refractivity contribution in [2.24, 2.45) is 5.41 Å². The molecule has 1 aliphatic carbocycles. The summed E-state index contributed by atoms with van der Waals surface area (Å²) >= 11 is 0. The highest BCUT2D eigenvalue weighted by molar-refractivity contribution is 5.37. The van der Waals surface area contributed by atoms with Gasteiger partial charge in [-0.3, -0.25) is 9.88 Å². The average Bonchev–Trinajstić information content (AvgIpc) is 2.81. The van der Waals surface area contributed by atoms with Crippen molar-refractivity contribution in [3.05, 3.63) is 24.0 Å². The van der Waals surface area contributed by atoms with Gasteiger partial charge in [0.1, 0.15) is 0 Å². The van der Waals surface area contributed by atoms with Gasteiger partial charge in [0.2, 0.25) is 0 Å². The molecule has 1 aromatic rings. The Morgan fingerprint density at radius 2 is 1.89 bits per heavy atom. The average molecular weight is 245 g/mol. The van der Waals surface area contributed by atoms with Crippen LogP contribution < -0.4 is 5.73 Å². The SMILES string of the molecule is Nc1ccnc(CN2CCC3(CCCC3)CC2)c1. The molecular formula is C15H23N3. The van der Waals surface area contributed by atoms with Crippen LogP contribution in [0.25, 0.3) is 0 Å². The first kappa shape index (κ1) is 12.0. The summed E-state index contributed by atoms with van der Waals surface area (Å²) < 4.78 is 0. The number of piperidine rings is 1. The van der Waals surface area contributed by atoms with Gasteiger partial charge in [0.25, 0.3) is 0 Å². The lowest BCUT2D eigenvalue weighted by Gasteiger charge is -2.39. The van der Waals surface area contributed by atoms with Crippen molar-refractivity contribution < 1.29 is 0 Å². The van der Waals surface area contributed by atoms with Gasteiger partial charge in [-0.05, 0) is 56.3 Å². The molecule has 1 aromatic heterocycles. The molecule has 18 heavy (non-hydrogen) atoms. The molecule has 3 nitrogen and oxygen atoms in total. The minimum atomic E-state index is 0.708. The number of nitrogens with zero attached hydrogens (tertiary/aromatic N) is 2. The Balaban J connectivity index is 1.57. The molecule has 0 radical (unpaired) electrons. The molecule has 2 aliphatic rings. The first-order valence-electron chi connectivity index (χ1n) is 7.19. The molecule has 1 spiro atoms. The molecule has 98 valence electrons. The fourth-order valence-corrected chi connectivity index (χ4v) is 3.62. The Morgan fingerprint density at radius 3 is 2.56 bits per heavy atom. The lowest BCUT2D eigenvalue weighted by molar-refractivity contribution is 0.103. The largest absolute Gasteiger partial charge is 0.399 e. The molecule has 2 heterocycles. The summed E-state index contributed by atoms with van der Waals surface area (Å²) in [6, 6.07) is 3.85. The Hall–Kier alpha value is -1.09. The monoisotopic (exact) mass is 245 g/mol. The number of nitrogens with two attached hydrogens (primary N) is 1. The van der Waals surface area contributed by atoms with E-state index in [1.165, 1.54) is 51.6 Å². The van der Waals surface area contributed by atoms with Gasteiger partial charge in [-0.1, -0.05) is 12.8 Å². The number of hydrogen-bond acceptors (Lipinski definition) is 3. The van der Waals surface area contributed by atoms with Crippen LogP contribution in [0.5, 0.6) is 0 Å². The molecule has 0 bridgehead atoms. The van der Waals surface area contributed by atoms with E-state index in [1.807, 2.05) is 18.3 Å². The van der Waals surface area contributed by atoms with Gasteiger partial charge < -0.3 is 5.73 Å². The van der Waals surface area contributed by atoms with Crippen LogP contribution in [-0.2, 0) is 6.54 Å². The zero-order valence-electron chi connectivity index (χ0n) is 11.1. The quantitative estimate of drug-likeness (QED) is 0.871. The second kappa shape index (κ2) is 4.88. The van der Waals surface area contributed by atoms with Crippen LogP contribution in [0.2, 0.25) is 0 Å². The number of rotatable bonds is 2. The maximum atomic E-state index is 5.80. The third kappa shape index (κ3) is 2.51. The van der Waals surface area contributed by atoms with Crippen molar-refractivity contribution in [1.29, 1.82) is 0 Å². The molecule has 3 rings (SSSR count). The number of anilines is 1. The number of pyridine rings is 1. The molecule has 0 aromatic carbocycles. The highest BCUT2D eigenvalue weighted by Crippen LogP contribution is 2.46. The summed E-state index contributed by atoms with van der Waals surface area (Å²) in [6.07, 6.45) is 10.4. The predicted molar refractivity (Wildman–Crippen MR) is 74.1 cm³/mol. The van der Waals surface area contributed by atoms with E-state index in [2.05, 4.69) is 9.88 Å². The van der Waals surface area contributed by atoms with E-state index in [-0.39, 0.29) is 0 Å². The van der Waals surface area contributed by atoms with E-state index >= 15 is 0 Å². The second-order valence-electron chi connectivity index (χ2n) is 6.06. The zero-order chi connectivity index (χ0) is 12.4. The van der Waals surface area contributed by atoms with Crippen molar-refractivity contribution in [3.8, 4) is 0 Å². The maximum absolute atomic E-state index is 5.80. The van der Waals surface area contributed by atoms with Crippen molar-refractivity contribution in [3.63, 3.8) is 0 Å². The standard InChI is InChI=1S/C15H23N3/c16-13-3-8-17-14(11-13)12-18-9-6-15(7-10-18)4-1-2-5-15/h3,8,11H,1-2,4-7,9-10,12H2,(H2,16,17). The number of aromatic nitrogens is 1. The summed E-state index contributed by atoms with van der Waals surface area (Å²) in [5.41, 5.74) is 8.44. The summed E-state index contributed by atoms with van der Waals surface area (Å²) in [7, 11) is 0. The molecule has 2 fully saturated rings. The van der Waals surface area contributed by atoms with Gasteiger partial charge in [-0.25, -0.2) is 0 Å². The topological polar surface area (TPSA) is 42.1 Å². The fourth-order valence-electron chi connectivity index (χ4n) is 3.62. The molecule has 2 N–H and O–H groups in total. The summed E-state index contributed by atoms with van der Waals surface area (Å²) in [5, 5.41) is 0. The number of hydrogen-bond donors (Lipinski definition) is 1. The van der Waals surface area contributed by atoms with Crippen molar-refractivity contribution in [2.45, 2.75) is 45.1 Å². The van der Waals surface area contributed by atoms with Gasteiger partial charge in [-0.15, -0.1) is 0 Å². The second-order valence-corrected chi connectivity index (χ2v) is 6.06. The number of likely N-dealkylation sites (tertiary alicyclic amines) is 1. The molecule has 1 saturated heterocycles. The first-order chi connectivity index (χ1) is 8.76. The molecule has 1 aliphatic heterocycles. The predicted octanol–water partition coefficient (Wildman–Crippen LogP) is 2.82. The normalized spacial score (nSPS) is 23.6. The van der Waals surface area contributed by atoms with Crippen LogP contribution >= 0.6 is 0 Å². The van der Waals surface area contributed by atoms with E-state index in [9.17, 15) is 0 Å². The third-order valence-corrected chi connectivity index (χ3v) is 4.81. The van der Waals surface area contributed by atoms with E-state index in [0.717, 1.165) is 17.9 Å². The van der Waals surface area contributed by atoms with Crippen LogP contribution in [0, 0.1) is 5.41 Å². The minimum Gasteiger partial charge on any atom is -0.399 e. The van der Waals surface area contributed by atoms with Crippen molar-refractivity contribution in [1.82, 2.24) is 9.88 Å². The molecule has 0 unspecified atom stereocenters. The Morgan fingerprint density at radius 1 is 1.17 bits per heavy atom. The van der Waals surface area contributed by atoms with Crippen LogP contribution in [0.15, 0.2) is 18.3 Å². The molecule has 1 saturated carbocycles. The first-order valence-corrected chi connectivity index (χ1v) is 7.19. The third-order valence-electron chi connectivity index (χ3n) is 4.81. The van der Waals surface area contributed by atoms with Crippen LogP contribution in [0.4, 0.5) is 5.69 Å². The summed E-state index contributed by atoms with van der Waals surface area (Å²) in [4.78, 5) is 6.93. The number of nitrogen functional groups attached to an aromatic ring is 1. The lowest BCUT2D eigenvalue weighted by Crippen LogP contribution is -2.38. The van der Waals surface area contributed by atoms with Crippen LogP contribution in [0.3, 0.4) is 0 Å². The van der Waals surface area contributed by atoms with Gasteiger partial charge in [0.15, 0.2) is 0 Å².